The zero-order chi connectivity index (χ0) is 17.0. The number of H-pyrrole nitrogens is 1. The van der Waals surface area contributed by atoms with Crippen molar-refractivity contribution >= 4 is 17.7 Å². The summed E-state index contributed by atoms with van der Waals surface area (Å²) in [4.78, 5) is 23.0. The maximum Gasteiger partial charge on any atom is 0.236 e. The van der Waals surface area contributed by atoms with E-state index < -0.39 is 0 Å². The molecule has 7 heteroatoms. The van der Waals surface area contributed by atoms with Gasteiger partial charge in [0, 0.05) is 30.0 Å². The molecule has 0 radical (unpaired) electrons. The first kappa shape index (κ1) is 17.5. The van der Waals surface area contributed by atoms with E-state index in [-0.39, 0.29) is 23.2 Å². The Morgan fingerprint density at radius 1 is 1.13 bits per heavy atom. The maximum atomic E-state index is 12.6. The number of nitrogens with zero attached hydrogens (tertiary/aromatic N) is 4. The Labute approximate surface area is 141 Å². The molecule has 2 heterocycles. The summed E-state index contributed by atoms with van der Waals surface area (Å²) in [6.45, 7) is 10.0. The third-order valence-electron chi connectivity index (χ3n) is 3.42. The first-order chi connectivity index (χ1) is 10.9. The van der Waals surface area contributed by atoms with E-state index in [1.165, 1.54) is 11.8 Å². The Bertz CT molecular complexity index is 633. The van der Waals surface area contributed by atoms with Crippen LogP contribution in [0.4, 0.5) is 0 Å². The molecular formula is C16H23N5OS. The van der Waals surface area contributed by atoms with Crippen molar-refractivity contribution in [2.45, 2.75) is 57.1 Å². The molecule has 6 nitrogen and oxygen atoms in total. The highest BCUT2D eigenvalue weighted by atomic mass is 32.2. The predicted molar refractivity (Wildman–Crippen MR) is 92.1 cm³/mol. The maximum absolute atomic E-state index is 12.6. The van der Waals surface area contributed by atoms with Crippen LogP contribution < -0.4 is 0 Å². The van der Waals surface area contributed by atoms with Crippen molar-refractivity contribution in [3.63, 3.8) is 0 Å². The van der Waals surface area contributed by atoms with E-state index >= 15 is 0 Å². The third-order valence-corrected chi connectivity index (χ3v) is 4.36. The van der Waals surface area contributed by atoms with Crippen molar-refractivity contribution in [2.24, 2.45) is 0 Å². The van der Waals surface area contributed by atoms with Gasteiger partial charge < -0.3 is 4.90 Å². The van der Waals surface area contributed by atoms with Gasteiger partial charge in [-0.3, -0.25) is 14.9 Å². The second kappa shape index (κ2) is 7.59. The minimum atomic E-state index is -0.235. The third kappa shape index (κ3) is 4.31. The van der Waals surface area contributed by atoms with E-state index in [0.29, 0.717) is 11.0 Å². The molecule has 1 atom stereocenters. The van der Waals surface area contributed by atoms with Crippen molar-refractivity contribution in [3.8, 4) is 11.4 Å². The van der Waals surface area contributed by atoms with Gasteiger partial charge in [0.05, 0.1) is 5.25 Å². The Morgan fingerprint density at radius 2 is 1.74 bits per heavy atom. The fraction of sp³-hybridized carbons (Fsp3) is 0.500. The molecular weight excluding hydrogens is 310 g/mol. The Kier molecular flexibility index (Phi) is 5.76. The first-order valence-electron chi connectivity index (χ1n) is 7.71. The van der Waals surface area contributed by atoms with Crippen LogP contribution in [0.2, 0.25) is 0 Å². The van der Waals surface area contributed by atoms with Crippen molar-refractivity contribution in [2.75, 3.05) is 0 Å². The normalized spacial score (nSPS) is 12.7. The number of carbonyl (C=O) groups is 1. The van der Waals surface area contributed by atoms with Gasteiger partial charge in [0.25, 0.3) is 0 Å². The summed E-state index contributed by atoms with van der Waals surface area (Å²) in [6.07, 6.45) is 3.42. The summed E-state index contributed by atoms with van der Waals surface area (Å²) in [7, 11) is 0. The standard InChI is InChI=1S/C16H23N5OS/c1-10(2)21(11(3)4)15(22)12(5)23-16-18-14(19-20-16)13-6-8-17-9-7-13/h6-12H,1-5H3,(H,18,19,20)/t12-/m1/s1. The first-order valence-corrected chi connectivity index (χ1v) is 8.59. The Morgan fingerprint density at radius 3 is 2.30 bits per heavy atom. The molecule has 0 aliphatic heterocycles. The summed E-state index contributed by atoms with van der Waals surface area (Å²) in [6, 6.07) is 4.07. The average molecular weight is 333 g/mol. The lowest BCUT2D eigenvalue weighted by Crippen LogP contribution is -2.45. The predicted octanol–water partition coefficient (Wildman–Crippen LogP) is 2.99. The average Bonchev–Trinajstić information content (AvgIpc) is 2.95. The van der Waals surface area contributed by atoms with Gasteiger partial charge in [0.2, 0.25) is 11.1 Å². The lowest BCUT2D eigenvalue weighted by molar-refractivity contribution is -0.133. The molecule has 0 unspecified atom stereocenters. The molecule has 0 aliphatic carbocycles. The molecule has 0 saturated carbocycles. The number of nitrogens with one attached hydrogen (secondary N) is 1. The van der Waals surface area contributed by atoms with Crippen LogP contribution in [-0.2, 0) is 4.79 Å². The van der Waals surface area contributed by atoms with Crippen molar-refractivity contribution in [1.29, 1.82) is 0 Å². The molecule has 1 amide bonds. The van der Waals surface area contributed by atoms with E-state index in [4.69, 9.17) is 0 Å². The van der Waals surface area contributed by atoms with Gasteiger partial charge in [0.1, 0.15) is 0 Å². The SMILES string of the molecule is CC(C)N(C(=O)[C@@H](C)Sc1n[nH]c(-c2ccncc2)n1)C(C)C. The quantitative estimate of drug-likeness (QED) is 0.823. The number of amides is 1. The number of pyridine rings is 1. The summed E-state index contributed by atoms with van der Waals surface area (Å²) in [5.41, 5.74) is 0.921. The van der Waals surface area contributed by atoms with Crippen LogP contribution in [0.3, 0.4) is 0 Å². The second-order valence-electron chi connectivity index (χ2n) is 5.90. The smallest absolute Gasteiger partial charge is 0.236 e. The minimum absolute atomic E-state index is 0.107. The summed E-state index contributed by atoms with van der Waals surface area (Å²) < 4.78 is 0. The highest BCUT2D eigenvalue weighted by Gasteiger charge is 2.26. The Hall–Kier alpha value is -1.89. The highest BCUT2D eigenvalue weighted by Crippen LogP contribution is 2.24. The van der Waals surface area contributed by atoms with Gasteiger partial charge in [-0.15, -0.1) is 5.10 Å². The van der Waals surface area contributed by atoms with Crippen molar-refractivity contribution < 1.29 is 4.79 Å². The fourth-order valence-electron chi connectivity index (χ4n) is 2.46. The Balaban J connectivity index is 2.07. The van der Waals surface area contributed by atoms with Gasteiger partial charge >= 0.3 is 0 Å². The summed E-state index contributed by atoms with van der Waals surface area (Å²) in [5, 5.41) is 7.45. The van der Waals surface area contributed by atoms with Gasteiger partial charge in [-0.05, 0) is 46.8 Å². The number of aromatic nitrogens is 4. The molecule has 0 spiro atoms. The van der Waals surface area contributed by atoms with E-state index in [2.05, 4.69) is 20.2 Å². The zero-order valence-corrected chi connectivity index (χ0v) is 15.0. The number of aromatic amines is 1. The highest BCUT2D eigenvalue weighted by molar-refractivity contribution is 8.00. The van der Waals surface area contributed by atoms with E-state index in [1.807, 2.05) is 51.7 Å². The largest absolute Gasteiger partial charge is 0.337 e. The van der Waals surface area contributed by atoms with E-state index in [1.54, 1.807) is 12.4 Å². The monoisotopic (exact) mass is 333 g/mol. The molecule has 0 fully saturated rings. The summed E-state index contributed by atoms with van der Waals surface area (Å²) in [5.74, 6) is 0.786. The topological polar surface area (TPSA) is 74.8 Å². The molecule has 2 rings (SSSR count). The number of thioether (sulfide) groups is 1. The molecule has 124 valence electrons. The van der Waals surface area contributed by atoms with E-state index in [9.17, 15) is 4.79 Å². The zero-order valence-electron chi connectivity index (χ0n) is 14.1. The summed E-state index contributed by atoms with van der Waals surface area (Å²) >= 11 is 1.37. The van der Waals surface area contributed by atoms with E-state index in [0.717, 1.165) is 5.56 Å². The van der Waals surface area contributed by atoms with Crippen molar-refractivity contribution in [1.82, 2.24) is 25.1 Å². The van der Waals surface area contributed by atoms with Crippen LogP contribution in [-0.4, -0.2) is 48.3 Å². The van der Waals surface area contributed by atoms with Crippen LogP contribution in [0.25, 0.3) is 11.4 Å². The molecule has 0 aliphatic rings. The molecule has 0 aromatic carbocycles. The number of hydrogen-bond donors (Lipinski definition) is 1. The second-order valence-corrected chi connectivity index (χ2v) is 7.20. The molecule has 2 aromatic heterocycles. The fourth-order valence-corrected chi connectivity index (χ4v) is 3.24. The van der Waals surface area contributed by atoms with Crippen molar-refractivity contribution in [3.05, 3.63) is 24.5 Å². The molecule has 0 bridgehead atoms. The minimum Gasteiger partial charge on any atom is -0.337 e. The molecule has 2 aromatic rings. The molecule has 23 heavy (non-hydrogen) atoms. The van der Waals surface area contributed by atoms with Crippen LogP contribution in [0, 0.1) is 0 Å². The number of hydrogen-bond acceptors (Lipinski definition) is 5. The van der Waals surface area contributed by atoms with Crippen LogP contribution in [0.5, 0.6) is 0 Å². The lowest BCUT2D eigenvalue weighted by atomic mass is 10.2. The lowest BCUT2D eigenvalue weighted by Gasteiger charge is -2.32. The van der Waals surface area contributed by atoms with Crippen LogP contribution >= 0.6 is 11.8 Å². The van der Waals surface area contributed by atoms with Gasteiger partial charge in [0.15, 0.2) is 5.82 Å². The number of carbonyl (C=O) groups excluding carboxylic acids is 1. The number of rotatable bonds is 6. The van der Waals surface area contributed by atoms with Gasteiger partial charge in [-0.25, -0.2) is 4.98 Å². The molecule has 0 saturated heterocycles. The van der Waals surface area contributed by atoms with Crippen LogP contribution in [0.15, 0.2) is 29.7 Å². The van der Waals surface area contributed by atoms with Gasteiger partial charge in [-0.2, -0.15) is 0 Å². The van der Waals surface area contributed by atoms with Gasteiger partial charge in [-0.1, -0.05) is 11.8 Å². The molecule has 1 N–H and O–H groups in total. The van der Waals surface area contributed by atoms with Crippen LogP contribution in [0.1, 0.15) is 34.6 Å².